The van der Waals surface area contributed by atoms with Crippen molar-refractivity contribution >= 4 is 88.0 Å². The third-order valence-corrected chi connectivity index (χ3v) is 15.7. The van der Waals surface area contributed by atoms with Gasteiger partial charge >= 0.3 is 0 Å². The van der Waals surface area contributed by atoms with Crippen LogP contribution in [-0.2, 0) is 12.8 Å². The minimum atomic E-state index is 0.658. The predicted molar refractivity (Wildman–Crippen MR) is 285 cm³/mol. The van der Waals surface area contributed by atoms with Gasteiger partial charge in [0.2, 0.25) is 0 Å². The van der Waals surface area contributed by atoms with Gasteiger partial charge < -0.3 is 9.80 Å². The fraction of sp³-hybridized carbons (Fsp3) is 0.250. The molecular weight excluding hydrogens is 797 g/mol. The lowest BCUT2D eigenvalue weighted by Crippen LogP contribution is -2.13. The van der Waals surface area contributed by atoms with Crippen LogP contribution in [0.1, 0.15) is 112 Å². The highest BCUT2D eigenvalue weighted by Gasteiger charge is 2.27. The van der Waals surface area contributed by atoms with Crippen LogP contribution in [0.4, 0.5) is 34.1 Å². The minimum absolute atomic E-state index is 0.658. The SMILES string of the molecule is CCc1cc(N(c2ccc(C3CCCCC3)cc2)c2cccc3ccccc23)c2ccc3c(CC)cc(N(c4ccc(C5CCCCC5)cc4)c4cccc5ccccc45)c4ccc1c2c34. The van der Waals surface area contributed by atoms with Crippen molar-refractivity contribution in [1.82, 2.24) is 0 Å². The predicted octanol–water partition coefficient (Wildman–Crippen LogP) is 19.1. The Morgan fingerprint density at radius 3 is 1.14 bits per heavy atom. The lowest BCUT2D eigenvalue weighted by Gasteiger charge is -2.32. The monoisotopic (exact) mass is 856 g/mol. The molecule has 2 nitrogen and oxygen atoms in total. The normalized spacial score (nSPS) is 15.1. The quantitative estimate of drug-likeness (QED) is 0.126. The molecule has 0 heterocycles. The largest absolute Gasteiger partial charge is 0.309 e. The fourth-order valence-corrected chi connectivity index (χ4v) is 12.3. The van der Waals surface area contributed by atoms with Crippen molar-refractivity contribution in [2.45, 2.75) is 103 Å². The Labute approximate surface area is 390 Å². The van der Waals surface area contributed by atoms with Crippen molar-refractivity contribution in [1.29, 1.82) is 0 Å². The van der Waals surface area contributed by atoms with E-state index in [4.69, 9.17) is 0 Å². The molecule has 66 heavy (non-hydrogen) atoms. The molecule has 0 bridgehead atoms. The Bertz CT molecular complexity index is 3110. The average Bonchev–Trinajstić information content (AvgIpc) is 3.39. The van der Waals surface area contributed by atoms with Crippen LogP contribution < -0.4 is 9.80 Å². The van der Waals surface area contributed by atoms with Crippen molar-refractivity contribution in [3.63, 3.8) is 0 Å². The molecule has 0 aliphatic heterocycles. The molecule has 326 valence electrons. The zero-order valence-corrected chi connectivity index (χ0v) is 38.7. The average molecular weight is 857 g/mol. The van der Waals surface area contributed by atoms with Crippen molar-refractivity contribution < 1.29 is 0 Å². The highest BCUT2D eigenvalue weighted by Crippen LogP contribution is 2.51. The Hall–Kier alpha value is -6.64. The first-order valence-electron chi connectivity index (χ1n) is 25.2. The maximum atomic E-state index is 2.58. The second-order valence-electron chi connectivity index (χ2n) is 19.4. The van der Waals surface area contributed by atoms with Crippen LogP contribution in [0.3, 0.4) is 0 Å². The highest BCUT2D eigenvalue weighted by molar-refractivity contribution is 6.29. The van der Waals surface area contributed by atoms with Crippen molar-refractivity contribution in [3.8, 4) is 0 Å². The number of hydrogen-bond donors (Lipinski definition) is 0. The van der Waals surface area contributed by atoms with E-state index in [2.05, 4.69) is 194 Å². The number of rotatable bonds is 10. The van der Waals surface area contributed by atoms with Crippen LogP contribution in [0.5, 0.6) is 0 Å². The van der Waals surface area contributed by atoms with E-state index in [1.807, 2.05) is 0 Å². The Balaban J connectivity index is 1.12. The number of benzene rings is 10. The number of fused-ring (bicyclic) bond motifs is 2. The molecule has 2 fully saturated rings. The smallest absolute Gasteiger partial charge is 0.0543 e. The third kappa shape index (κ3) is 7.00. The summed E-state index contributed by atoms with van der Waals surface area (Å²) in [6.07, 6.45) is 15.2. The number of nitrogens with zero attached hydrogens (tertiary/aromatic N) is 2. The molecule has 2 saturated carbocycles. The zero-order chi connectivity index (χ0) is 44.1. The lowest BCUT2D eigenvalue weighted by atomic mass is 9.84. The summed E-state index contributed by atoms with van der Waals surface area (Å²) in [7, 11) is 0. The molecule has 2 aliphatic rings. The van der Waals surface area contributed by atoms with Crippen LogP contribution >= 0.6 is 0 Å². The van der Waals surface area contributed by atoms with Crippen molar-refractivity contribution in [3.05, 3.63) is 192 Å². The molecule has 10 aromatic rings. The summed E-state index contributed by atoms with van der Waals surface area (Å²) in [4.78, 5) is 5.16. The Morgan fingerprint density at radius 2 is 0.727 bits per heavy atom. The van der Waals surface area contributed by atoms with Gasteiger partial charge in [-0.05, 0) is 153 Å². The van der Waals surface area contributed by atoms with E-state index in [-0.39, 0.29) is 0 Å². The van der Waals surface area contributed by atoms with E-state index < -0.39 is 0 Å². The second kappa shape index (κ2) is 17.3. The number of anilines is 6. The molecule has 0 N–H and O–H groups in total. The molecule has 0 spiro atoms. The van der Waals surface area contributed by atoms with Gasteiger partial charge in [-0.3, -0.25) is 0 Å². The van der Waals surface area contributed by atoms with Crippen LogP contribution in [0, 0.1) is 0 Å². The van der Waals surface area contributed by atoms with E-state index in [0.29, 0.717) is 11.8 Å². The van der Waals surface area contributed by atoms with Gasteiger partial charge in [-0.1, -0.05) is 174 Å². The standard InChI is InChI=1S/C64H60N2/c1-3-43-41-61(65(59-27-15-23-49-21-11-13-25-53(49)59)51-33-29-47(30-34-51)45-17-7-5-8-18-45)57-40-38-56-44(4-2)42-62(58-39-37-55(43)63(57)64(56)58)66(60-28-16-24-50-22-12-14-26-54(50)60)52-35-31-48(32-36-52)46-19-9-6-10-20-46/h11-16,21-42,45-46H,3-10,17-20H2,1-2H3. The van der Waals surface area contributed by atoms with Crippen LogP contribution in [-0.4, -0.2) is 0 Å². The fourth-order valence-electron chi connectivity index (χ4n) is 12.3. The first-order chi connectivity index (χ1) is 32.7. The van der Waals surface area contributed by atoms with E-state index in [1.54, 1.807) is 0 Å². The van der Waals surface area contributed by atoms with E-state index in [1.165, 1.54) is 174 Å². The van der Waals surface area contributed by atoms with E-state index in [9.17, 15) is 0 Å². The summed E-state index contributed by atoms with van der Waals surface area (Å²) in [5.74, 6) is 1.32. The van der Waals surface area contributed by atoms with Gasteiger partial charge in [-0.2, -0.15) is 0 Å². The van der Waals surface area contributed by atoms with Crippen molar-refractivity contribution in [2.24, 2.45) is 0 Å². The summed E-state index contributed by atoms with van der Waals surface area (Å²) in [5, 5.41) is 13.0. The molecule has 0 amide bonds. The molecule has 12 rings (SSSR count). The third-order valence-electron chi connectivity index (χ3n) is 15.7. The molecule has 0 saturated heterocycles. The van der Waals surface area contributed by atoms with Crippen LogP contribution in [0.15, 0.2) is 170 Å². The van der Waals surface area contributed by atoms with Crippen LogP contribution in [0.25, 0.3) is 53.9 Å². The molecule has 2 aliphatic carbocycles. The van der Waals surface area contributed by atoms with Gasteiger partial charge in [0.15, 0.2) is 0 Å². The minimum Gasteiger partial charge on any atom is -0.309 e. The molecule has 0 radical (unpaired) electrons. The summed E-state index contributed by atoms with van der Waals surface area (Å²) in [6, 6.07) is 65.6. The topological polar surface area (TPSA) is 6.48 Å². The number of hydrogen-bond acceptors (Lipinski definition) is 2. The summed E-state index contributed by atoms with van der Waals surface area (Å²) in [5.41, 5.74) is 13.0. The van der Waals surface area contributed by atoms with Gasteiger partial charge in [0.05, 0.1) is 22.7 Å². The summed E-state index contributed by atoms with van der Waals surface area (Å²) >= 11 is 0. The van der Waals surface area contributed by atoms with Gasteiger partial charge in [0.25, 0.3) is 0 Å². The molecule has 2 heteroatoms. The van der Waals surface area contributed by atoms with E-state index in [0.717, 1.165) is 12.8 Å². The van der Waals surface area contributed by atoms with Gasteiger partial charge in [0.1, 0.15) is 0 Å². The van der Waals surface area contributed by atoms with Gasteiger partial charge in [-0.25, -0.2) is 0 Å². The molecular formula is C64H60N2. The zero-order valence-electron chi connectivity index (χ0n) is 38.7. The number of aryl methyl sites for hydroxylation is 2. The first kappa shape index (κ1) is 40.8. The van der Waals surface area contributed by atoms with Crippen molar-refractivity contribution in [2.75, 3.05) is 9.80 Å². The maximum Gasteiger partial charge on any atom is 0.0543 e. The highest BCUT2D eigenvalue weighted by atomic mass is 15.2. The molecule has 0 unspecified atom stereocenters. The lowest BCUT2D eigenvalue weighted by molar-refractivity contribution is 0.443. The molecule has 0 atom stereocenters. The second-order valence-corrected chi connectivity index (χ2v) is 19.4. The first-order valence-corrected chi connectivity index (χ1v) is 25.2. The van der Waals surface area contributed by atoms with Gasteiger partial charge in [0, 0.05) is 32.9 Å². The maximum absolute atomic E-state index is 2.58. The van der Waals surface area contributed by atoms with Crippen LogP contribution in [0.2, 0.25) is 0 Å². The Kier molecular flexibility index (Phi) is 10.7. The van der Waals surface area contributed by atoms with E-state index >= 15 is 0 Å². The molecule has 0 aromatic heterocycles. The van der Waals surface area contributed by atoms with Gasteiger partial charge in [-0.15, -0.1) is 0 Å². The summed E-state index contributed by atoms with van der Waals surface area (Å²) in [6.45, 7) is 4.67. The summed E-state index contributed by atoms with van der Waals surface area (Å²) < 4.78 is 0. The molecule has 10 aromatic carbocycles. The Morgan fingerprint density at radius 1 is 0.348 bits per heavy atom.